The molecule has 0 aromatic heterocycles. The zero-order valence-corrected chi connectivity index (χ0v) is 16.8. The van der Waals surface area contributed by atoms with Crippen LogP contribution >= 0.6 is 0 Å². The van der Waals surface area contributed by atoms with E-state index in [1.807, 2.05) is 0 Å². The molecule has 2 fully saturated rings. The molecule has 25 heavy (non-hydrogen) atoms. The summed E-state index contributed by atoms with van der Waals surface area (Å²) in [6.07, 6.45) is 9.34. The van der Waals surface area contributed by atoms with Crippen LogP contribution in [-0.4, -0.2) is 31.1 Å². The maximum atomic E-state index is 5.35. The minimum absolute atomic E-state index is 0.503. The molecule has 2 atom stereocenters. The summed E-state index contributed by atoms with van der Waals surface area (Å²) in [6.45, 7) is 10.5. The lowest BCUT2D eigenvalue weighted by Gasteiger charge is -2.43. The van der Waals surface area contributed by atoms with Crippen molar-refractivity contribution in [1.29, 1.82) is 0 Å². The maximum Gasteiger partial charge on any atom is 0.0715 e. The first-order chi connectivity index (χ1) is 12.0. The van der Waals surface area contributed by atoms with Gasteiger partial charge in [-0.15, -0.1) is 0 Å². The van der Waals surface area contributed by atoms with Crippen molar-refractivity contribution in [1.82, 2.24) is 4.90 Å². The first-order valence-corrected chi connectivity index (χ1v) is 10.4. The number of hydrogen-bond donors (Lipinski definition) is 0. The van der Waals surface area contributed by atoms with Crippen LogP contribution in [0.3, 0.4) is 0 Å². The van der Waals surface area contributed by atoms with Crippen molar-refractivity contribution in [3.63, 3.8) is 0 Å². The van der Waals surface area contributed by atoms with E-state index < -0.39 is 0 Å². The molecule has 1 aliphatic heterocycles. The molecule has 2 aliphatic rings. The summed E-state index contributed by atoms with van der Waals surface area (Å²) in [7, 11) is 1.79. The molecule has 0 N–H and O–H groups in total. The zero-order valence-electron chi connectivity index (χ0n) is 16.8. The van der Waals surface area contributed by atoms with Gasteiger partial charge in [0.2, 0.25) is 0 Å². The molecular weight excluding hydrogens is 306 g/mol. The number of rotatable bonds is 6. The van der Waals surface area contributed by atoms with Crippen molar-refractivity contribution >= 4 is 0 Å². The van der Waals surface area contributed by atoms with Gasteiger partial charge in [-0.25, -0.2) is 0 Å². The van der Waals surface area contributed by atoms with Gasteiger partial charge < -0.3 is 4.74 Å². The standard InChI is InChI=1S/C23H37NO/c1-5-19-14-18(10-11-21(19)16-25-4)15-20-8-6-9-22(20)24-13-7-12-23(2,3)17-24/h10-11,14,20,22H,5-9,12-13,15-17H2,1-4H3. The number of methoxy groups -OCH3 is 1. The smallest absolute Gasteiger partial charge is 0.0715 e. The van der Waals surface area contributed by atoms with Crippen LogP contribution in [0, 0.1) is 11.3 Å². The van der Waals surface area contributed by atoms with E-state index in [0.717, 1.165) is 25.0 Å². The molecule has 0 bridgehead atoms. The van der Waals surface area contributed by atoms with Crippen molar-refractivity contribution in [3.8, 4) is 0 Å². The number of benzene rings is 1. The molecule has 1 saturated carbocycles. The molecule has 1 aliphatic carbocycles. The molecular formula is C23H37NO. The van der Waals surface area contributed by atoms with E-state index in [1.54, 1.807) is 7.11 Å². The number of aryl methyl sites for hydroxylation is 1. The minimum Gasteiger partial charge on any atom is -0.380 e. The van der Waals surface area contributed by atoms with E-state index in [9.17, 15) is 0 Å². The van der Waals surface area contributed by atoms with Gasteiger partial charge in [-0.1, -0.05) is 45.4 Å². The lowest BCUT2D eigenvalue weighted by atomic mass is 9.82. The largest absolute Gasteiger partial charge is 0.380 e. The Morgan fingerprint density at radius 1 is 1.16 bits per heavy atom. The fourth-order valence-electron chi connectivity index (χ4n) is 5.22. The highest BCUT2D eigenvalue weighted by Gasteiger charge is 2.36. The SMILES string of the molecule is CCc1cc(CC2CCCC2N2CCCC(C)(C)C2)ccc1COC. The van der Waals surface area contributed by atoms with E-state index in [2.05, 4.69) is 43.9 Å². The second-order valence-electron chi connectivity index (χ2n) is 9.09. The van der Waals surface area contributed by atoms with E-state index >= 15 is 0 Å². The van der Waals surface area contributed by atoms with E-state index in [4.69, 9.17) is 4.74 Å². The number of ether oxygens (including phenoxy) is 1. The summed E-state index contributed by atoms with van der Waals surface area (Å²) in [4.78, 5) is 2.83. The molecule has 140 valence electrons. The quantitative estimate of drug-likeness (QED) is 0.701. The summed E-state index contributed by atoms with van der Waals surface area (Å²) in [6, 6.07) is 7.90. The Morgan fingerprint density at radius 2 is 2.00 bits per heavy atom. The van der Waals surface area contributed by atoms with Gasteiger partial charge in [-0.3, -0.25) is 4.90 Å². The average Bonchev–Trinajstić information content (AvgIpc) is 3.03. The van der Waals surface area contributed by atoms with E-state index in [0.29, 0.717) is 5.41 Å². The lowest BCUT2D eigenvalue weighted by molar-refractivity contribution is 0.0617. The molecule has 1 saturated heterocycles. The van der Waals surface area contributed by atoms with Gasteiger partial charge in [-0.2, -0.15) is 0 Å². The fourth-order valence-corrected chi connectivity index (χ4v) is 5.22. The molecule has 1 aromatic carbocycles. The van der Waals surface area contributed by atoms with Crippen LogP contribution in [0.4, 0.5) is 0 Å². The molecule has 3 rings (SSSR count). The minimum atomic E-state index is 0.503. The van der Waals surface area contributed by atoms with Crippen molar-refractivity contribution in [2.24, 2.45) is 11.3 Å². The molecule has 2 nitrogen and oxygen atoms in total. The highest BCUT2D eigenvalue weighted by atomic mass is 16.5. The van der Waals surface area contributed by atoms with Gasteiger partial charge in [0.25, 0.3) is 0 Å². The van der Waals surface area contributed by atoms with Crippen LogP contribution in [0.2, 0.25) is 0 Å². The molecule has 1 aromatic rings. The third kappa shape index (κ3) is 4.65. The van der Waals surface area contributed by atoms with Crippen molar-refractivity contribution in [3.05, 3.63) is 34.9 Å². The van der Waals surface area contributed by atoms with Crippen LogP contribution in [0.1, 0.15) is 69.6 Å². The van der Waals surface area contributed by atoms with Crippen molar-refractivity contribution in [2.45, 2.75) is 78.4 Å². The van der Waals surface area contributed by atoms with Gasteiger partial charge in [0.05, 0.1) is 6.61 Å². The predicted molar refractivity (Wildman–Crippen MR) is 106 cm³/mol. The monoisotopic (exact) mass is 343 g/mol. The van der Waals surface area contributed by atoms with Crippen LogP contribution in [0.5, 0.6) is 0 Å². The summed E-state index contributed by atoms with van der Waals surface area (Å²) < 4.78 is 5.35. The Labute approximate surface area is 154 Å². The predicted octanol–water partition coefficient (Wildman–Crippen LogP) is 5.23. The van der Waals surface area contributed by atoms with Crippen LogP contribution in [0.15, 0.2) is 18.2 Å². The first-order valence-electron chi connectivity index (χ1n) is 10.4. The van der Waals surface area contributed by atoms with Crippen LogP contribution in [0.25, 0.3) is 0 Å². The Kier molecular flexibility index (Phi) is 6.22. The molecule has 0 amide bonds. The highest BCUT2D eigenvalue weighted by molar-refractivity contribution is 5.32. The first kappa shape index (κ1) is 18.9. The number of likely N-dealkylation sites (tertiary alicyclic amines) is 1. The molecule has 2 unspecified atom stereocenters. The Hall–Kier alpha value is -0.860. The molecule has 1 heterocycles. The topological polar surface area (TPSA) is 12.5 Å². The highest BCUT2D eigenvalue weighted by Crippen LogP contribution is 2.38. The summed E-state index contributed by atoms with van der Waals surface area (Å²) >= 11 is 0. The average molecular weight is 344 g/mol. The summed E-state index contributed by atoms with van der Waals surface area (Å²) in [5, 5.41) is 0. The van der Waals surface area contributed by atoms with Crippen LogP contribution < -0.4 is 0 Å². The number of nitrogens with zero attached hydrogens (tertiary/aromatic N) is 1. The summed E-state index contributed by atoms with van der Waals surface area (Å²) in [5.74, 6) is 0.840. The third-order valence-corrected chi connectivity index (χ3v) is 6.47. The van der Waals surface area contributed by atoms with Gasteiger partial charge in [0.15, 0.2) is 0 Å². The molecule has 2 heteroatoms. The van der Waals surface area contributed by atoms with Gasteiger partial charge in [0.1, 0.15) is 0 Å². The fraction of sp³-hybridized carbons (Fsp3) is 0.739. The Morgan fingerprint density at radius 3 is 2.72 bits per heavy atom. The number of hydrogen-bond acceptors (Lipinski definition) is 2. The van der Waals surface area contributed by atoms with Crippen molar-refractivity contribution < 1.29 is 4.74 Å². The van der Waals surface area contributed by atoms with Gasteiger partial charge >= 0.3 is 0 Å². The van der Waals surface area contributed by atoms with Crippen molar-refractivity contribution in [2.75, 3.05) is 20.2 Å². The normalized spacial score (nSPS) is 26.9. The summed E-state index contributed by atoms with van der Waals surface area (Å²) in [5.41, 5.74) is 4.86. The second-order valence-corrected chi connectivity index (χ2v) is 9.09. The number of piperidine rings is 1. The molecule has 0 radical (unpaired) electrons. The molecule has 0 spiro atoms. The third-order valence-electron chi connectivity index (χ3n) is 6.47. The van der Waals surface area contributed by atoms with E-state index in [1.165, 1.54) is 68.3 Å². The zero-order chi connectivity index (χ0) is 17.9. The van der Waals surface area contributed by atoms with Gasteiger partial charge in [0, 0.05) is 19.7 Å². The Balaban J connectivity index is 1.69. The van der Waals surface area contributed by atoms with Gasteiger partial charge in [-0.05, 0) is 73.1 Å². The Bertz CT molecular complexity index is 565. The van der Waals surface area contributed by atoms with Crippen LogP contribution in [-0.2, 0) is 24.2 Å². The van der Waals surface area contributed by atoms with E-state index in [-0.39, 0.29) is 0 Å². The second kappa shape index (κ2) is 8.22. The lowest BCUT2D eigenvalue weighted by Crippen LogP contribution is -2.47. The maximum absolute atomic E-state index is 5.35.